The monoisotopic (exact) mass is 875 g/mol. The maximum Gasteiger partial charge on any atom is 0.160 e. The highest BCUT2D eigenvalue weighted by atomic mass is 16.3. The molecule has 1 spiro atoms. The molecule has 11 aromatic rings. The number of rotatable bonds is 4. The van der Waals surface area contributed by atoms with E-state index in [1.54, 1.807) is 0 Å². The molecule has 0 aliphatic heterocycles. The highest BCUT2D eigenvalue weighted by molar-refractivity contribution is 6.23. The summed E-state index contributed by atoms with van der Waals surface area (Å²) in [5, 5.41) is 7.12. The Hall–Kier alpha value is -7.68. The Morgan fingerprint density at radius 1 is 0.397 bits per heavy atom. The van der Waals surface area contributed by atoms with Crippen molar-refractivity contribution in [3.8, 4) is 33.4 Å². The SMILES string of the molecule is Cc1cccc2c1oc1c(N(c3ccc(-c4cccc5ccccc45)cc3)c3ccc4c(c3)C3(c5ccccc5-4)c4cc(C(C)(C)C)ccc4-c4ccc(C(C)(C)C)cc43)cc3ccccc3c12. The molecule has 2 nitrogen and oxygen atoms in total. The van der Waals surface area contributed by atoms with Crippen molar-refractivity contribution in [3.63, 3.8) is 0 Å². The molecule has 1 heterocycles. The van der Waals surface area contributed by atoms with Crippen molar-refractivity contribution in [2.24, 2.45) is 0 Å². The molecule has 0 N–H and O–H groups in total. The van der Waals surface area contributed by atoms with E-state index in [9.17, 15) is 0 Å². The van der Waals surface area contributed by atoms with Crippen LogP contribution in [0.4, 0.5) is 17.1 Å². The summed E-state index contributed by atoms with van der Waals surface area (Å²) in [6.45, 7) is 16.2. The lowest BCUT2D eigenvalue weighted by atomic mass is 9.68. The van der Waals surface area contributed by atoms with Gasteiger partial charge in [-0.25, -0.2) is 0 Å². The van der Waals surface area contributed by atoms with Gasteiger partial charge in [0.2, 0.25) is 0 Å². The minimum absolute atomic E-state index is 0.0360. The Bertz CT molecular complexity index is 3820. The molecule has 0 bridgehead atoms. The average Bonchev–Trinajstić information content (AvgIpc) is 3.99. The quantitative estimate of drug-likeness (QED) is 0.175. The molecule has 0 amide bonds. The molecule has 0 unspecified atom stereocenters. The van der Waals surface area contributed by atoms with Gasteiger partial charge in [-0.1, -0.05) is 205 Å². The van der Waals surface area contributed by atoms with Gasteiger partial charge in [-0.2, -0.15) is 0 Å². The summed E-state index contributed by atoms with van der Waals surface area (Å²) in [5.74, 6) is 0. The van der Waals surface area contributed by atoms with Crippen molar-refractivity contribution in [2.45, 2.75) is 64.7 Å². The molecule has 328 valence electrons. The van der Waals surface area contributed by atoms with E-state index in [0.29, 0.717) is 0 Å². The predicted octanol–water partition coefficient (Wildman–Crippen LogP) is 18.3. The van der Waals surface area contributed by atoms with Gasteiger partial charge >= 0.3 is 0 Å². The molecular weight excluding hydrogens is 823 g/mol. The first-order valence-electron chi connectivity index (χ1n) is 24.2. The lowest BCUT2D eigenvalue weighted by Crippen LogP contribution is -2.27. The third kappa shape index (κ3) is 5.76. The molecule has 2 heteroatoms. The Morgan fingerprint density at radius 2 is 0.926 bits per heavy atom. The van der Waals surface area contributed by atoms with Gasteiger partial charge in [-0.05, 0) is 142 Å². The number of nitrogens with zero attached hydrogens (tertiary/aromatic N) is 1. The molecule has 13 rings (SSSR count). The van der Waals surface area contributed by atoms with Crippen molar-refractivity contribution in [3.05, 3.63) is 233 Å². The lowest BCUT2D eigenvalue weighted by molar-refractivity contribution is 0.586. The Kier molecular flexibility index (Phi) is 8.60. The maximum absolute atomic E-state index is 7.17. The number of aryl methyl sites for hydroxylation is 1. The van der Waals surface area contributed by atoms with Crippen LogP contribution in [0.25, 0.3) is 76.9 Å². The van der Waals surface area contributed by atoms with Crippen LogP contribution in [0.15, 0.2) is 199 Å². The molecule has 0 radical (unpaired) electrons. The molecule has 10 aromatic carbocycles. The van der Waals surface area contributed by atoms with Crippen molar-refractivity contribution in [2.75, 3.05) is 4.90 Å². The number of anilines is 3. The van der Waals surface area contributed by atoms with Crippen molar-refractivity contribution in [1.82, 2.24) is 0 Å². The summed E-state index contributed by atoms with van der Waals surface area (Å²) in [7, 11) is 0. The molecule has 68 heavy (non-hydrogen) atoms. The molecular formula is C66H53NO. The first-order chi connectivity index (χ1) is 32.9. The summed E-state index contributed by atoms with van der Waals surface area (Å²) < 4.78 is 7.17. The van der Waals surface area contributed by atoms with Gasteiger partial charge in [-0.15, -0.1) is 0 Å². The van der Waals surface area contributed by atoms with Crippen LogP contribution in [0.5, 0.6) is 0 Å². The van der Waals surface area contributed by atoms with Crippen molar-refractivity contribution in [1.29, 1.82) is 0 Å². The fourth-order valence-electron chi connectivity index (χ4n) is 11.9. The van der Waals surface area contributed by atoms with Gasteiger partial charge in [0.15, 0.2) is 5.58 Å². The normalized spacial score (nSPS) is 13.6. The van der Waals surface area contributed by atoms with Gasteiger partial charge < -0.3 is 9.32 Å². The van der Waals surface area contributed by atoms with Gasteiger partial charge in [0.1, 0.15) is 5.58 Å². The largest absolute Gasteiger partial charge is 0.454 e. The predicted molar refractivity (Wildman–Crippen MR) is 287 cm³/mol. The fourth-order valence-corrected chi connectivity index (χ4v) is 11.9. The Labute approximate surface area is 399 Å². The summed E-state index contributed by atoms with van der Waals surface area (Å²) in [6, 6.07) is 73.2. The molecule has 0 fully saturated rings. The number of benzene rings is 10. The second-order valence-electron chi connectivity index (χ2n) is 21.3. The molecule has 2 aliphatic carbocycles. The first-order valence-corrected chi connectivity index (χ1v) is 24.2. The van der Waals surface area contributed by atoms with Gasteiger partial charge in [0.25, 0.3) is 0 Å². The number of hydrogen-bond donors (Lipinski definition) is 0. The van der Waals surface area contributed by atoms with Crippen LogP contribution in [0.3, 0.4) is 0 Å². The van der Waals surface area contributed by atoms with Crippen LogP contribution < -0.4 is 4.90 Å². The second kappa shape index (κ2) is 14.4. The molecule has 2 aliphatic rings. The lowest BCUT2D eigenvalue weighted by Gasteiger charge is -2.34. The number of furan rings is 1. The first kappa shape index (κ1) is 40.6. The Balaban J connectivity index is 1.12. The summed E-state index contributed by atoms with van der Waals surface area (Å²) in [5.41, 5.74) is 21.1. The Morgan fingerprint density at radius 3 is 1.63 bits per heavy atom. The van der Waals surface area contributed by atoms with E-state index >= 15 is 0 Å². The van der Waals surface area contributed by atoms with Crippen molar-refractivity contribution < 1.29 is 4.42 Å². The van der Waals surface area contributed by atoms with Gasteiger partial charge in [0.05, 0.1) is 11.1 Å². The van der Waals surface area contributed by atoms with E-state index in [-0.39, 0.29) is 10.8 Å². The summed E-state index contributed by atoms with van der Waals surface area (Å²) in [4.78, 5) is 2.46. The zero-order valence-electron chi connectivity index (χ0n) is 39.8. The van der Waals surface area contributed by atoms with Crippen LogP contribution in [0.2, 0.25) is 0 Å². The van der Waals surface area contributed by atoms with Crippen molar-refractivity contribution >= 4 is 60.5 Å². The highest BCUT2D eigenvalue weighted by Crippen LogP contribution is 2.64. The number of fused-ring (bicyclic) bond motifs is 16. The smallest absolute Gasteiger partial charge is 0.160 e. The molecule has 0 saturated heterocycles. The third-order valence-corrected chi connectivity index (χ3v) is 15.3. The minimum Gasteiger partial charge on any atom is -0.454 e. The van der Waals surface area contributed by atoms with E-state index < -0.39 is 5.41 Å². The van der Waals surface area contributed by atoms with E-state index in [1.807, 2.05) is 0 Å². The molecule has 0 atom stereocenters. The average molecular weight is 876 g/mol. The van der Waals surface area contributed by atoms with Crippen LogP contribution in [-0.4, -0.2) is 0 Å². The van der Waals surface area contributed by atoms with Gasteiger partial charge in [0, 0.05) is 22.1 Å². The number of hydrogen-bond acceptors (Lipinski definition) is 2. The van der Waals surface area contributed by atoms with Crippen LogP contribution in [0.1, 0.15) is 80.5 Å². The maximum atomic E-state index is 7.17. The van der Waals surface area contributed by atoms with E-state index in [0.717, 1.165) is 44.6 Å². The standard InChI is InChI=1S/C66H53NO/c1-40-16-14-24-55-61-50-21-11-9-18-43(50)36-60(63(61)68-62(40)55)67(46-30-26-42(27-31-46)49-23-15-19-41-17-8-10-20-48(41)49)47-32-35-54-51-22-12-13-25-56(51)66(59(54)39-47)57-37-44(64(2,3)4)28-33-52(57)53-34-29-45(38-58(53)66)65(5,6)7/h8-39H,1-7H3. The zero-order valence-corrected chi connectivity index (χ0v) is 39.8. The topological polar surface area (TPSA) is 16.4 Å². The highest BCUT2D eigenvalue weighted by Gasteiger charge is 2.52. The fraction of sp³-hybridized carbons (Fsp3) is 0.152. The molecule has 0 saturated carbocycles. The van der Waals surface area contributed by atoms with E-state index in [4.69, 9.17) is 4.42 Å². The summed E-state index contributed by atoms with van der Waals surface area (Å²) >= 11 is 0. The zero-order chi connectivity index (χ0) is 46.3. The third-order valence-electron chi connectivity index (χ3n) is 15.3. The second-order valence-corrected chi connectivity index (χ2v) is 21.3. The molecule has 1 aromatic heterocycles. The van der Waals surface area contributed by atoms with Crippen LogP contribution >= 0.6 is 0 Å². The summed E-state index contributed by atoms with van der Waals surface area (Å²) in [6.07, 6.45) is 0. The van der Waals surface area contributed by atoms with E-state index in [2.05, 4.69) is 247 Å². The number of para-hydroxylation sites is 1. The van der Waals surface area contributed by atoms with Crippen LogP contribution in [-0.2, 0) is 16.2 Å². The van der Waals surface area contributed by atoms with Crippen LogP contribution in [0, 0.1) is 6.92 Å². The van der Waals surface area contributed by atoms with Gasteiger partial charge in [-0.3, -0.25) is 0 Å². The minimum atomic E-state index is -0.547. The van der Waals surface area contributed by atoms with E-state index in [1.165, 1.54) is 88.3 Å².